The van der Waals surface area contributed by atoms with Crippen LogP contribution in [-0.2, 0) is 19.6 Å². The summed E-state index contributed by atoms with van der Waals surface area (Å²) in [6.45, 7) is 10.5. The summed E-state index contributed by atoms with van der Waals surface area (Å²) in [4.78, 5) is 28.8. The lowest BCUT2D eigenvalue weighted by molar-refractivity contribution is -0.146. The first-order valence-electron chi connectivity index (χ1n) is 9.62. The van der Waals surface area contributed by atoms with Gasteiger partial charge in [0, 0.05) is 44.7 Å². The number of piperazine rings is 1. The molecule has 0 N–H and O–H groups in total. The van der Waals surface area contributed by atoms with Crippen LogP contribution < -0.4 is 0 Å². The van der Waals surface area contributed by atoms with E-state index in [2.05, 4.69) is 0 Å². The normalized spacial score (nSPS) is 23.2. The summed E-state index contributed by atoms with van der Waals surface area (Å²) in [7, 11) is -3.26. The molecule has 0 aromatic heterocycles. The van der Waals surface area contributed by atoms with Crippen molar-refractivity contribution in [3.8, 4) is 0 Å². The number of rotatable bonds is 4. The maximum atomic E-state index is 12.9. The summed E-state index contributed by atoms with van der Waals surface area (Å²) >= 11 is 0. The van der Waals surface area contributed by atoms with E-state index in [0.29, 0.717) is 45.7 Å². The predicted molar refractivity (Wildman–Crippen MR) is 101 cm³/mol. The molecule has 7 nitrogen and oxygen atoms in total. The van der Waals surface area contributed by atoms with Crippen LogP contribution >= 0.6 is 0 Å². The lowest BCUT2D eigenvalue weighted by Crippen LogP contribution is -2.55. The smallest absolute Gasteiger partial charge is 0.228 e. The van der Waals surface area contributed by atoms with E-state index in [4.69, 9.17) is 0 Å². The van der Waals surface area contributed by atoms with Gasteiger partial charge in [-0.15, -0.1) is 0 Å². The molecular formula is C18H33N3O4S. The highest BCUT2D eigenvalue weighted by molar-refractivity contribution is 7.89. The van der Waals surface area contributed by atoms with E-state index in [0.717, 1.165) is 12.8 Å². The van der Waals surface area contributed by atoms with Gasteiger partial charge in [0.25, 0.3) is 0 Å². The van der Waals surface area contributed by atoms with Crippen LogP contribution in [0.3, 0.4) is 0 Å². The molecule has 150 valence electrons. The molecule has 2 amide bonds. The second kappa shape index (κ2) is 8.25. The summed E-state index contributed by atoms with van der Waals surface area (Å²) in [5.41, 5.74) is -0.413. The SMILES string of the molecule is CCCS(=O)(=O)N1CCCC(C(=O)N2CCN(C(=O)C(C)(C)C)CC2)C1. The van der Waals surface area contributed by atoms with Gasteiger partial charge in [-0.1, -0.05) is 27.7 Å². The maximum absolute atomic E-state index is 12.9. The molecule has 0 radical (unpaired) electrons. The van der Waals surface area contributed by atoms with E-state index in [-0.39, 0.29) is 23.5 Å². The first kappa shape index (κ1) is 21.2. The van der Waals surface area contributed by atoms with Crippen molar-refractivity contribution in [2.45, 2.75) is 47.0 Å². The molecule has 0 spiro atoms. The molecule has 8 heteroatoms. The van der Waals surface area contributed by atoms with Crippen LogP contribution in [0.5, 0.6) is 0 Å². The number of piperidine rings is 1. The van der Waals surface area contributed by atoms with E-state index in [1.54, 1.807) is 4.90 Å². The van der Waals surface area contributed by atoms with E-state index in [9.17, 15) is 18.0 Å². The van der Waals surface area contributed by atoms with Gasteiger partial charge in [0.1, 0.15) is 0 Å². The van der Waals surface area contributed by atoms with Gasteiger partial charge in [0.05, 0.1) is 11.7 Å². The Morgan fingerprint density at radius 1 is 1.00 bits per heavy atom. The minimum Gasteiger partial charge on any atom is -0.339 e. The molecule has 1 unspecified atom stereocenters. The van der Waals surface area contributed by atoms with Gasteiger partial charge in [0.15, 0.2) is 0 Å². The average molecular weight is 388 g/mol. The van der Waals surface area contributed by atoms with E-state index < -0.39 is 15.4 Å². The van der Waals surface area contributed by atoms with Crippen LogP contribution in [0.2, 0.25) is 0 Å². The fourth-order valence-electron chi connectivity index (χ4n) is 3.65. The van der Waals surface area contributed by atoms with Gasteiger partial charge in [-0.2, -0.15) is 0 Å². The van der Waals surface area contributed by atoms with Crippen LogP contribution in [0, 0.1) is 11.3 Å². The van der Waals surface area contributed by atoms with E-state index in [1.807, 2.05) is 32.6 Å². The number of nitrogens with zero attached hydrogens (tertiary/aromatic N) is 3. The third-order valence-corrected chi connectivity index (χ3v) is 7.15. The fraction of sp³-hybridized carbons (Fsp3) is 0.889. The Kier molecular flexibility index (Phi) is 6.71. The van der Waals surface area contributed by atoms with Crippen molar-refractivity contribution >= 4 is 21.8 Å². The van der Waals surface area contributed by atoms with E-state index >= 15 is 0 Å². The zero-order chi connectivity index (χ0) is 19.5. The van der Waals surface area contributed by atoms with Crippen molar-refractivity contribution in [3.63, 3.8) is 0 Å². The molecule has 0 aromatic carbocycles. The zero-order valence-electron chi connectivity index (χ0n) is 16.5. The molecule has 2 aliphatic heterocycles. The molecule has 2 heterocycles. The molecular weight excluding hydrogens is 354 g/mol. The van der Waals surface area contributed by atoms with Crippen LogP contribution in [0.1, 0.15) is 47.0 Å². The predicted octanol–water partition coefficient (Wildman–Crippen LogP) is 1.16. The van der Waals surface area contributed by atoms with Gasteiger partial charge in [-0.3, -0.25) is 9.59 Å². The first-order chi connectivity index (χ1) is 12.1. The van der Waals surface area contributed by atoms with Crippen LogP contribution in [0.25, 0.3) is 0 Å². The van der Waals surface area contributed by atoms with Crippen molar-refractivity contribution in [2.75, 3.05) is 45.0 Å². The Hall–Kier alpha value is -1.15. The number of hydrogen-bond donors (Lipinski definition) is 0. The van der Waals surface area contributed by atoms with Gasteiger partial charge in [-0.25, -0.2) is 12.7 Å². The van der Waals surface area contributed by atoms with Crippen LogP contribution in [0.15, 0.2) is 0 Å². The highest BCUT2D eigenvalue weighted by atomic mass is 32.2. The Labute approximate surface area is 157 Å². The summed E-state index contributed by atoms with van der Waals surface area (Å²) in [6, 6.07) is 0. The third kappa shape index (κ3) is 4.97. The van der Waals surface area contributed by atoms with Gasteiger partial charge in [0.2, 0.25) is 21.8 Å². The van der Waals surface area contributed by atoms with Gasteiger partial charge in [-0.05, 0) is 19.3 Å². The summed E-state index contributed by atoms with van der Waals surface area (Å²) in [6.07, 6.45) is 2.04. The first-order valence-corrected chi connectivity index (χ1v) is 11.2. The Balaban J connectivity index is 1.93. The number of sulfonamides is 1. The topological polar surface area (TPSA) is 78.0 Å². The van der Waals surface area contributed by atoms with Crippen molar-refractivity contribution in [3.05, 3.63) is 0 Å². The molecule has 0 bridgehead atoms. The Morgan fingerprint density at radius 3 is 2.12 bits per heavy atom. The van der Waals surface area contributed by atoms with Crippen LogP contribution in [-0.4, -0.2) is 79.4 Å². The van der Waals surface area contributed by atoms with Crippen LogP contribution in [0.4, 0.5) is 0 Å². The second-order valence-corrected chi connectivity index (χ2v) is 10.5. The fourth-order valence-corrected chi connectivity index (χ4v) is 5.23. The van der Waals surface area contributed by atoms with Crippen molar-refractivity contribution in [1.29, 1.82) is 0 Å². The average Bonchev–Trinajstić information content (AvgIpc) is 2.60. The maximum Gasteiger partial charge on any atom is 0.228 e. The summed E-state index contributed by atoms with van der Waals surface area (Å²) in [5, 5.41) is 0. The summed E-state index contributed by atoms with van der Waals surface area (Å²) < 4.78 is 26.1. The third-order valence-electron chi connectivity index (χ3n) is 5.11. The molecule has 0 aromatic rings. The molecule has 2 fully saturated rings. The lowest BCUT2D eigenvalue weighted by atomic mass is 9.94. The highest BCUT2D eigenvalue weighted by Crippen LogP contribution is 2.23. The monoisotopic (exact) mass is 387 g/mol. The molecule has 26 heavy (non-hydrogen) atoms. The number of carbonyl (C=O) groups excluding carboxylic acids is 2. The standard InChI is InChI=1S/C18H33N3O4S/c1-5-13-26(24,25)21-8-6-7-15(14-21)16(22)19-9-11-20(12-10-19)17(23)18(2,3)4/h15H,5-14H2,1-4H3. The lowest BCUT2D eigenvalue weighted by Gasteiger charge is -2.40. The quantitative estimate of drug-likeness (QED) is 0.725. The van der Waals surface area contributed by atoms with Crippen molar-refractivity contribution < 1.29 is 18.0 Å². The minimum atomic E-state index is -3.26. The molecule has 0 saturated carbocycles. The largest absolute Gasteiger partial charge is 0.339 e. The minimum absolute atomic E-state index is 0.0317. The Morgan fingerprint density at radius 2 is 1.58 bits per heavy atom. The number of amides is 2. The molecule has 1 atom stereocenters. The number of carbonyl (C=O) groups is 2. The van der Waals surface area contributed by atoms with E-state index in [1.165, 1.54) is 4.31 Å². The second-order valence-electron chi connectivity index (χ2n) is 8.38. The van der Waals surface area contributed by atoms with Gasteiger partial charge < -0.3 is 9.80 Å². The van der Waals surface area contributed by atoms with Crippen molar-refractivity contribution in [1.82, 2.24) is 14.1 Å². The molecule has 2 rings (SSSR count). The Bertz CT molecular complexity index is 619. The van der Waals surface area contributed by atoms with Crippen molar-refractivity contribution in [2.24, 2.45) is 11.3 Å². The molecule has 0 aliphatic carbocycles. The molecule has 2 saturated heterocycles. The molecule has 2 aliphatic rings. The number of hydrogen-bond acceptors (Lipinski definition) is 4. The summed E-state index contributed by atoms with van der Waals surface area (Å²) in [5.74, 6) is 0.0187. The zero-order valence-corrected chi connectivity index (χ0v) is 17.3. The van der Waals surface area contributed by atoms with Gasteiger partial charge >= 0.3 is 0 Å². The highest BCUT2D eigenvalue weighted by Gasteiger charge is 2.36.